The smallest absolute Gasteiger partial charge is 0.236 e. The Bertz CT molecular complexity index is 961. The lowest BCUT2D eigenvalue weighted by molar-refractivity contribution is -0.243. The fraction of sp³-hybridized carbons (Fsp3) is 0.818. The third-order valence-corrected chi connectivity index (χ3v) is 11.8. The quantitative estimate of drug-likeness (QED) is 0.0481. The first-order valence-corrected chi connectivity index (χ1v) is 18.7. The van der Waals surface area contributed by atoms with Crippen LogP contribution in [0.4, 0.5) is 57.1 Å². The normalized spacial score (nSPS) is 14.4. The van der Waals surface area contributed by atoms with E-state index in [1.807, 2.05) is 0 Å². The van der Waals surface area contributed by atoms with E-state index in [0.29, 0.717) is 6.07 Å². The van der Waals surface area contributed by atoms with Crippen molar-refractivity contribution in [2.75, 3.05) is 0 Å². The van der Waals surface area contributed by atoms with Crippen LogP contribution in [0.1, 0.15) is 118 Å². The van der Waals surface area contributed by atoms with Crippen molar-refractivity contribution in [1.82, 2.24) is 0 Å². The molecule has 0 radical (unpaired) electrons. The average Bonchev–Trinajstić information content (AvgIpc) is 2.99. The number of rotatable bonds is 22. The minimum atomic E-state index is -6.60. The number of alkyl halides is 11. The summed E-state index contributed by atoms with van der Waals surface area (Å²) in [7, 11) is -5.78. The predicted octanol–water partition coefficient (Wildman–Crippen LogP) is 14.4. The number of halogens is 13. The van der Waals surface area contributed by atoms with Crippen molar-refractivity contribution >= 4 is 19.4 Å². The summed E-state index contributed by atoms with van der Waals surface area (Å²) >= 11 is 0. The molecule has 0 saturated heterocycles. The maximum absolute atomic E-state index is 14.5. The molecule has 284 valence electrons. The van der Waals surface area contributed by atoms with Crippen LogP contribution in [0.15, 0.2) is 18.2 Å². The van der Waals surface area contributed by atoms with Crippen molar-refractivity contribution in [2.45, 2.75) is 173 Å². The monoisotopic (exact) mass is 738 g/mol. The van der Waals surface area contributed by atoms with Crippen molar-refractivity contribution in [3.05, 3.63) is 29.8 Å². The molecule has 0 aromatic heterocycles. The SMILES string of the molecule is CCCC[B-](CCCC)(CCCC)CCCC.Fc1ccc(F)c([PH+](C(F)(F)C(F)CCCCCCC(F)(F)F)C(F)(F)C(F)(F)F)c1. The molecule has 0 bridgehead atoms. The zero-order valence-electron chi connectivity index (χ0n) is 28.5. The number of benzene rings is 1. The van der Waals surface area contributed by atoms with Gasteiger partial charge in [0.05, 0.1) is 0 Å². The van der Waals surface area contributed by atoms with Gasteiger partial charge in [-0.15, -0.1) is 0 Å². The molecule has 15 heteroatoms. The zero-order chi connectivity index (χ0) is 37.2. The fourth-order valence-corrected chi connectivity index (χ4v) is 8.61. The second-order valence-electron chi connectivity index (χ2n) is 13.0. The summed E-state index contributed by atoms with van der Waals surface area (Å²) in [6.07, 6.45) is -0.820. The Kier molecular flexibility index (Phi) is 21.4. The van der Waals surface area contributed by atoms with Gasteiger partial charge in [-0.05, 0) is 25.0 Å². The third-order valence-electron chi connectivity index (χ3n) is 8.94. The van der Waals surface area contributed by atoms with Gasteiger partial charge in [0.1, 0.15) is 11.1 Å². The van der Waals surface area contributed by atoms with E-state index in [9.17, 15) is 57.1 Å². The highest BCUT2D eigenvalue weighted by molar-refractivity contribution is 7.68. The highest BCUT2D eigenvalue weighted by Gasteiger charge is 2.78. The van der Waals surface area contributed by atoms with Crippen molar-refractivity contribution in [1.29, 1.82) is 0 Å². The van der Waals surface area contributed by atoms with Crippen LogP contribution in [0.5, 0.6) is 0 Å². The van der Waals surface area contributed by atoms with Gasteiger partial charge in [-0.2, -0.15) is 69.2 Å². The fourth-order valence-electron chi connectivity index (χ4n) is 6.14. The summed E-state index contributed by atoms with van der Waals surface area (Å²) < 4.78 is 172. The Morgan fingerprint density at radius 2 is 1.06 bits per heavy atom. The second-order valence-corrected chi connectivity index (χ2v) is 15.6. The molecule has 0 nitrogen and oxygen atoms in total. The Morgan fingerprint density at radius 3 is 1.46 bits per heavy atom. The van der Waals surface area contributed by atoms with Gasteiger partial charge in [-0.3, -0.25) is 0 Å². The molecular weight excluding hydrogens is 685 g/mol. The molecule has 0 saturated carbocycles. The molecule has 0 aliphatic rings. The van der Waals surface area contributed by atoms with E-state index in [4.69, 9.17) is 0 Å². The molecule has 1 rings (SSSR count). The van der Waals surface area contributed by atoms with Crippen LogP contribution in [0, 0.1) is 11.6 Å². The van der Waals surface area contributed by atoms with Crippen LogP contribution in [0.3, 0.4) is 0 Å². The molecule has 0 heterocycles. The molecule has 0 aliphatic carbocycles. The standard InChI is InChI=1S/C17H16F13P.C16H36B/c18-10-6-7-11(19)12(9-10)31(17(29,30)16(26,27)28)15(24,25)13(20)5-3-1-2-4-8-14(21,22)23;1-5-9-13-17(14-10-6-2,15-11-7-3)16-12-8-4/h6-7,9,13H,1-5,8H2;5-16H2,1-4H3/q;-1/p+1. The lowest BCUT2D eigenvalue weighted by Crippen LogP contribution is -2.46. The summed E-state index contributed by atoms with van der Waals surface area (Å²) in [5.41, 5.74) is -11.6. The maximum atomic E-state index is 14.5. The molecule has 48 heavy (non-hydrogen) atoms. The van der Waals surface area contributed by atoms with Gasteiger partial charge in [0.15, 0.2) is 13.7 Å². The molecule has 2 atom stereocenters. The van der Waals surface area contributed by atoms with Gasteiger partial charge in [-0.1, -0.05) is 98.3 Å². The van der Waals surface area contributed by atoms with Crippen molar-refractivity contribution in [2.24, 2.45) is 0 Å². The van der Waals surface area contributed by atoms with E-state index < -0.39 is 80.4 Å². The van der Waals surface area contributed by atoms with Gasteiger partial charge in [-0.25, -0.2) is 13.2 Å². The average molecular weight is 739 g/mol. The first-order valence-electron chi connectivity index (χ1n) is 17.2. The molecular formula is C33H53BF13P. The summed E-state index contributed by atoms with van der Waals surface area (Å²) in [5.74, 6) is -3.55. The minimum absolute atomic E-state index is 0.00722. The van der Waals surface area contributed by atoms with Crippen LogP contribution in [-0.2, 0) is 0 Å². The van der Waals surface area contributed by atoms with Crippen LogP contribution in [0.2, 0.25) is 25.3 Å². The van der Waals surface area contributed by atoms with E-state index >= 15 is 0 Å². The Labute approximate surface area is 279 Å². The molecule has 0 spiro atoms. The van der Waals surface area contributed by atoms with Crippen molar-refractivity contribution < 1.29 is 57.1 Å². The third kappa shape index (κ3) is 16.2. The Morgan fingerprint density at radius 1 is 0.625 bits per heavy atom. The highest BCUT2D eigenvalue weighted by atomic mass is 31.1. The van der Waals surface area contributed by atoms with E-state index in [1.165, 1.54) is 51.4 Å². The van der Waals surface area contributed by atoms with Gasteiger partial charge >= 0.3 is 23.7 Å². The van der Waals surface area contributed by atoms with Gasteiger partial charge in [0.25, 0.3) is 0 Å². The highest BCUT2D eigenvalue weighted by Crippen LogP contribution is 2.68. The summed E-state index contributed by atoms with van der Waals surface area (Å²) in [4.78, 5) is 0. The molecule has 0 fully saturated rings. The van der Waals surface area contributed by atoms with Gasteiger partial charge < -0.3 is 0 Å². The minimum Gasteiger partial charge on any atom is -0.236 e. The number of hydrogen-bond acceptors (Lipinski definition) is 0. The topological polar surface area (TPSA) is 0 Å². The van der Waals surface area contributed by atoms with Crippen LogP contribution >= 0.6 is 7.92 Å². The van der Waals surface area contributed by atoms with E-state index in [2.05, 4.69) is 27.7 Å². The number of unbranched alkanes of at least 4 members (excludes halogenated alkanes) is 7. The van der Waals surface area contributed by atoms with E-state index in [-0.39, 0.29) is 31.1 Å². The first-order chi connectivity index (χ1) is 22.2. The molecule has 0 amide bonds. The number of hydrogen-bond donors (Lipinski definition) is 0. The predicted molar refractivity (Wildman–Crippen MR) is 174 cm³/mol. The Balaban J connectivity index is 0.00000110. The summed E-state index contributed by atoms with van der Waals surface area (Å²) in [6.45, 7) is 9.39. The lowest BCUT2D eigenvalue weighted by Gasteiger charge is -2.40. The molecule has 2 unspecified atom stereocenters. The van der Waals surface area contributed by atoms with Crippen molar-refractivity contribution in [3.8, 4) is 0 Å². The summed E-state index contributed by atoms with van der Waals surface area (Å²) in [6, 6.07) is 0.128. The van der Waals surface area contributed by atoms with Gasteiger partial charge in [0.2, 0.25) is 6.17 Å². The van der Waals surface area contributed by atoms with Crippen LogP contribution < -0.4 is 5.30 Å². The van der Waals surface area contributed by atoms with Crippen LogP contribution in [0.25, 0.3) is 0 Å². The second kappa shape index (κ2) is 21.9. The summed E-state index contributed by atoms with van der Waals surface area (Å²) in [5, 5.41) is -1.95. The molecule has 1 aromatic rings. The van der Waals surface area contributed by atoms with Crippen LogP contribution in [-0.4, -0.2) is 36.0 Å². The Hall–Kier alpha value is -1.20. The zero-order valence-corrected chi connectivity index (χ0v) is 29.5. The largest absolute Gasteiger partial charge is 0.494 e. The maximum Gasteiger partial charge on any atom is 0.494 e. The van der Waals surface area contributed by atoms with E-state index in [0.717, 1.165) is 0 Å². The van der Waals surface area contributed by atoms with Gasteiger partial charge in [0, 0.05) is 18.6 Å². The van der Waals surface area contributed by atoms with Crippen molar-refractivity contribution in [3.63, 3.8) is 0 Å². The first kappa shape index (κ1) is 46.8. The van der Waals surface area contributed by atoms with E-state index in [1.54, 1.807) is 25.3 Å². The molecule has 1 aromatic carbocycles. The molecule has 0 aliphatic heterocycles. The lowest BCUT2D eigenvalue weighted by atomic mass is 9.17. The molecule has 0 N–H and O–H groups in total.